The first-order valence-electron chi connectivity index (χ1n) is 10.0. The predicted molar refractivity (Wildman–Crippen MR) is 100 cm³/mol. The molecule has 0 atom stereocenters. The van der Waals surface area contributed by atoms with Crippen LogP contribution in [0.4, 0.5) is 0 Å². The van der Waals surface area contributed by atoms with Gasteiger partial charge in [-0.25, -0.2) is 0 Å². The third kappa shape index (κ3) is 21.8. The van der Waals surface area contributed by atoms with Crippen LogP contribution >= 0.6 is 0 Å². The number of hydrogen-bond acceptors (Lipinski definition) is 4. The van der Waals surface area contributed by atoms with Crippen LogP contribution in [0.2, 0.25) is 0 Å². The summed E-state index contributed by atoms with van der Waals surface area (Å²) < 4.78 is 21.4. The van der Waals surface area contributed by atoms with Crippen LogP contribution in [0, 0.1) is 6.92 Å². The smallest absolute Gasteiger partial charge is 0.0701 e. The average Bonchev–Trinajstić information content (AvgIpc) is 2.60. The molecule has 24 heavy (non-hydrogen) atoms. The van der Waals surface area contributed by atoms with Crippen molar-refractivity contribution in [1.29, 1.82) is 0 Å². The van der Waals surface area contributed by atoms with Gasteiger partial charge in [0.15, 0.2) is 0 Å². The number of hydrogen-bond donors (Lipinski definition) is 0. The van der Waals surface area contributed by atoms with E-state index in [1.54, 1.807) is 0 Å². The minimum absolute atomic E-state index is 0.496. The van der Waals surface area contributed by atoms with E-state index in [2.05, 4.69) is 13.8 Å². The Balaban J connectivity index is 2.93. The molecule has 0 saturated heterocycles. The third-order valence-corrected chi connectivity index (χ3v) is 3.90. The summed E-state index contributed by atoms with van der Waals surface area (Å²) in [6.07, 6.45) is 13.6. The molecule has 0 amide bonds. The third-order valence-electron chi connectivity index (χ3n) is 3.90. The topological polar surface area (TPSA) is 36.9 Å². The van der Waals surface area contributed by atoms with Gasteiger partial charge in [-0.1, -0.05) is 64.7 Å². The van der Waals surface area contributed by atoms with Crippen molar-refractivity contribution >= 4 is 0 Å². The SMILES string of the molecule is [CH2]COCCOCCOCCOCCCCCCCCCCCC. The van der Waals surface area contributed by atoms with Gasteiger partial charge in [0.25, 0.3) is 0 Å². The van der Waals surface area contributed by atoms with Crippen molar-refractivity contribution in [3.05, 3.63) is 6.92 Å². The molecule has 0 spiro atoms. The summed E-state index contributed by atoms with van der Waals surface area (Å²) in [5.74, 6) is 0. The summed E-state index contributed by atoms with van der Waals surface area (Å²) in [5.41, 5.74) is 0. The van der Waals surface area contributed by atoms with E-state index in [1.807, 2.05) is 0 Å². The largest absolute Gasteiger partial charge is 0.379 e. The van der Waals surface area contributed by atoms with Crippen molar-refractivity contribution in [2.24, 2.45) is 0 Å². The molecule has 0 fully saturated rings. The molecule has 0 unspecified atom stereocenters. The van der Waals surface area contributed by atoms with E-state index in [0.717, 1.165) is 6.61 Å². The van der Waals surface area contributed by atoms with Crippen LogP contribution in [-0.2, 0) is 18.9 Å². The minimum atomic E-state index is 0.496. The maximum Gasteiger partial charge on any atom is 0.0701 e. The van der Waals surface area contributed by atoms with Crippen molar-refractivity contribution in [3.8, 4) is 0 Å². The fourth-order valence-electron chi connectivity index (χ4n) is 2.45. The van der Waals surface area contributed by atoms with Gasteiger partial charge >= 0.3 is 0 Å². The van der Waals surface area contributed by atoms with Crippen LogP contribution in [0.15, 0.2) is 0 Å². The van der Waals surface area contributed by atoms with Crippen molar-refractivity contribution in [2.45, 2.75) is 71.1 Å². The highest BCUT2D eigenvalue weighted by Gasteiger charge is 1.94. The lowest BCUT2D eigenvalue weighted by Crippen LogP contribution is -2.12. The minimum Gasteiger partial charge on any atom is -0.379 e. The lowest BCUT2D eigenvalue weighted by Gasteiger charge is -2.07. The normalized spacial score (nSPS) is 11.2. The first-order chi connectivity index (χ1) is 11.9. The fraction of sp³-hybridized carbons (Fsp3) is 0.950. The van der Waals surface area contributed by atoms with Crippen molar-refractivity contribution < 1.29 is 18.9 Å². The van der Waals surface area contributed by atoms with Crippen molar-refractivity contribution in [3.63, 3.8) is 0 Å². The summed E-state index contributed by atoms with van der Waals surface area (Å²) in [5, 5.41) is 0. The quantitative estimate of drug-likeness (QED) is 0.280. The summed E-state index contributed by atoms with van der Waals surface area (Å²) in [6, 6.07) is 0. The van der Waals surface area contributed by atoms with Crippen LogP contribution in [-0.4, -0.2) is 52.9 Å². The van der Waals surface area contributed by atoms with Gasteiger partial charge < -0.3 is 18.9 Å². The zero-order valence-corrected chi connectivity index (χ0v) is 16.1. The first kappa shape index (κ1) is 23.8. The van der Waals surface area contributed by atoms with Crippen LogP contribution in [0.1, 0.15) is 71.1 Å². The summed E-state index contributed by atoms with van der Waals surface area (Å²) in [7, 11) is 0. The number of ether oxygens (including phenoxy) is 4. The van der Waals surface area contributed by atoms with Gasteiger partial charge in [0, 0.05) is 13.2 Å². The Morgan fingerprint density at radius 1 is 0.458 bits per heavy atom. The fourth-order valence-corrected chi connectivity index (χ4v) is 2.45. The molecule has 0 aromatic rings. The van der Waals surface area contributed by atoms with Gasteiger partial charge in [-0.3, -0.25) is 0 Å². The monoisotopic (exact) mass is 345 g/mol. The van der Waals surface area contributed by atoms with Crippen LogP contribution in [0.3, 0.4) is 0 Å². The molecule has 0 aliphatic rings. The molecule has 0 saturated carbocycles. The molecule has 0 bridgehead atoms. The second kappa shape index (κ2) is 22.8. The molecule has 0 aromatic heterocycles. The van der Waals surface area contributed by atoms with Gasteiger partial charge in [0.05, 0.1) is 39.6 Å². The highest BCUT2D eigenvalue weighted by molar-refractivity contribution is 4.47. The van der Waals surface area contributed by atoms with Gasteiger partial charge in [-0.05, 0) is 13.3 Å². The Morgan fingerprint density at radius 2 is 0.833 bits per heavy atom. The Kier molecular flexibility index (Phi) is 22.7. The molecule has 0 aliphatic carbocycles. The average molecular weight is 346 g/mol. The van der Waals surface area contributed by atoms with E-state index < -0.39 is 0 Å². The van der Waals surface area contributed by atoms with Crippen LogP contribution in [0.5, 0.6) is 0 Å². The van der Waals surface area contributed by atoms with E-state index in [4.69, 9.17) is 18.9 Å². The molecule has 0 aromatic carbocycles. The van der Waals surface area contributed by atoms with Crippen molar-refractivity contribution in [2.75, 3.05) is 52.9 Å². The number of unbranched alkanes of at least 4 members (excludes halogenated alkanes) is 9. The van der Waals surface area contributed by atoms with E-state index in [1.165, 1.54) is 64.2 Å². The second-order valence-electron chi connectivity index (χ2n) is 6.13. The first-order valence-corrected chi connectivity index (χ1v) is 10.0. The predicted octanol–water partition coefficient (Wildman–Crippen LogP) is 4.81. The Hall–Kier alpha value is -0.160. The van der Waals surface area contributed by atoms with Crippen LogP contribution < -0.4 is 0 Å². The van der Waals surface area contributed by atoms with E-state index in [9.17, 15) is 0 Å². The van der Waals surface area contributed by atoms with Gasteiger partial charge in [0.2, 0.25) is 0 Å². The number of rotatable bonds is 21. The summed E-state index contributed by atoms with van der Waals surface area (Å²) >= 11 is 0. The van der Waals surface area contributed by atoms with Crippen LogP contribution in [0.25, 0.3) is 0 Å². The lowest BCUT2D eigenvalue weighted by atomic mass is 10.1. The van der Waals surface area contributed by atoms with E-state index in [-0.39, 0.29) is 0 Å². The van der Waals surface area contributed by atoms with E-state index >= 15 is 0 Å². The van der Waals surface area contributed by atoms with E-state index in [0.29, 0.717) is 46.2 Å². The highest BCUT2D eigenvalue weighted by Crippen LogP contribution is 2.10. The summed E-state index contributed by atoms with van der Waals surface area (Å²) in [4.78, 5) is 0. The molecule has 0 N–H and O–H groups in total. The lowest BCUT2D eigenvalue weighted by molar-refractivity contribution is 0.000385. The highest BCUT2D eigenvalue weighted by atomic mass is 16.6. The molecule has 4 nitrogen and oxygen atoms in total. The molecule has 4 heteroatoms. The maximum absolute atomic E-state index is 5.57. The Morgan fingerprint density at radius 3 is 1.29 bits per heavy atom. The zero-order chi connectivity index (χ0) is 17.6. The van der Waals surface area contributed by atoms with Gasteiger partial charge in [-0.15, -0.1) is 0 Å². The zero-order valence-electron chi connectivity index (χ0n) is 16.1. The maximum atomic E-state index is 5.57. The molecule has 0 rings (SSSR count). The molecular weight excluding hydrogens is 304 g/mol. The van der Waals surface area contributed by atoms with Crippen molar-refractivity contribution in [1.82, 2.24) is 0 Å². The Bertz CT molecular complexity index is 190. The molecule has 1 radical (unpaired) electrons. The Labute approximate surface area is 150 Å². The molecule has 0 aliphatic heterocycles. The second-order valence-corrected chi connectivity index (χ2v) is 6.13. The summed E-state index contributed by atoms with van der Waals surface area (Å²) in [6.45, 7) is 11.0. The molecular formula is C20H41O4. The van der Waals surface area contributed by atoms with Gasteiger partial charge in [-0.2, -0.15) is 0 Å². The molecule has 0 heterocycles. The van der Waals surface area contributed by atoms with Gasteiger partial charge in [0.1, 0.15) is 0 Å². The molecule has 145 valence electrons. The standard InChI is InChI=1S/C20H41O4/c1-3-5-6-7-8-9-10-11-12-13-14-22-17-18-24-20-19-23-16-15-21-4-2/h2-20H2,1H3.